The monoisotopic (exact) mass is 334 g/mol. The predicted octanol–water partition coefficient (Wildman–Crippen LogP) is 2.99. The van der Waals surface area contributed by atoms with Gasteiger partial charge in [-0.2, -0.15) is 5.10 Å². The summed E-state index contributed by atoms with van der Waals surface area (Å²) >= 11 is 6.24. The molecule has 2 aromatic rings. The molecule has 0 unspecified atom stereocenters. The van der Waals surface area contributed by atoms with E-state index in [0.717, 1.165) is 18.4 Å². The lowest BCUT2D eigenvalue weighted by Crippen LogP contribution is -2.49. The molecule has 0 aliphatic rings. The Balaban J connectivity index is 2.27. The molecule has 2 rings (SSSR count). The standard InChI is InChI=1S/C17H23ClN4O/c1-4-17(19,5-2)11-20-16(23)13-10-22(3)21-15(13)12-8-6-7-9-14(12)18/h6-10H,4-5,11,19H2,1-3H3,(H,20,23). The van der Waals surface area contributed by atoms with Gasteiger partial charge < -0.3 is 11.1 Å². The Labute approximate surface area is 141 Å². The van der Waals surface area contributed by atoms with Gasteiger partial charge in [-0.15, -0.1) is 0 Å². The highest BCUT2D eigenvalue weighted by molar-refractivity contribution is 6.33. The molecular formula is C17H23ClN4O. The predicted molar refractivity (Wildman–Crippen MR) is 93.5 cm³/mol. The number of amides is 1. The fourth-order valence-electron chi connectivity index (χ4n) is 2.36. The number of hydrogen-bond acceptors (Lipinski definition) is 3. The zero-order chi connectivity index (χ0) is 17.0. The highest BCUT2D eigenvalue weighted by atomic mass is 35.5. The smallest absolute Gasteiger partial charge is 0.255 e. The van der Waals surface area contributed by atoms with E-state index in [1.165, 1.54) is 0 Å². The summed E-state index contributed by atoms with van der Waals surface area (Å²) in [5.41, 5.74) is 7.67. The maximum absolute atomic E-state index is 12.6. The largest absolute Gasteiger partial charge is 0.350 e. The molecule has 1 amide bonds. The Hall–Kier alpha value is -1.85. The highest BCUT2D eigenvalue weighted by Gasteiger charge is 2.24. The van der Waals surface area contributed by atoms with Gasteiger partial charge >= 0.3 is 0 Å². The van der Waals surface area contributed by atoms with Crippen molar-refractivity contribution in [2.24, 2.45) is 12.8 Å². The van der Waals surface area contributed by atoms with Gasteiger partial charge in [-0.1, -0.05) is 43.6 Å². The van der Waals surface area contributed by atoms with Crippen molar-refractivity contribution in [1.29, 1.82) is 0 Å². The highest BCUT2D eigenvalue weighted by Crippen LogP contribution is 2.29. The maximum Gasteiger partial charge on any atom is 0.255 e. The molecule has 0 saturated heterocycles. The number of halogens is 1. The fraction of sp³-hybridized carbons (Fsp3) is 0.412. The minimum atomic E-state index is -0.386. The summed E-state index contributed by atoms with van der Waals surface area (Å²) in [4.78, 5) is 12.6. The quantitative estimate of drug-likeness (QED) is 0.853. The van der Waals surface area contributed by atoms with Crippen molar-refractivity contribution < 1.29 is 4.79 Å². The molecule has 1 aromatic heterocycles. The number of nitrogens with one attached hydrogen (secondary N) is 1. The van der Waals surface area contributed by atoms with Crippen molar-refractivity contribution in [3.63, 3.8) is 0 Å². The van der Waals surface area contributed by atoms with E-state index in [4.69, 9.17) is 17.3 Å². The third-order valence-electron chi connectivity index (χ3n) is 4.21. The molecule has 0 aliphatic heterocycles. The Bertz CT molecular complexity index is 692. The van der Waals surface area contributed by atoms with Gasteiger partial charge in [-0.25, -0.2) is 0 Å². The van der Waals surface area contributed by atoms with E-state index in [1.54, 1.807) is 24.0 Å². The first-order chi connectivity index (χ1) is 10.9. The molecular weight excluding hydrogens is 312 g/mol. The van der Waals surface area contributed by atoms with Crippen LogP contribution in [0.25, 0.3) is 11.3 Å². The maximum atomic E-state index is 12.6. The molecule has 23 heavy (non-hydrogen) atoms. The molecule has 0 bridgehead atoms. The lowest BCUT2D eigenvalue weighted by molar-refractivity contribution is 0.0942. The van der Waals surface area contributed by atoms with Crippen LogP contribution < -0.4 is 11.1 Å². The molecule has 0 saturated carbocycles. The topological polar surface area (TPSA) is 72.9 Å². The molecule has 5 nitrogen and oxygen atoms in total. The van der Waals surface area contributed by atoms with E-state index in [1.807, 2.05) is 32.0 Å². The van der Waals surface area contributed by atoms with Crippen molar-refractivity contribution in [2.75, 3.05) is 6.54 Å². The van der Waals surface area contributed by atoms with Gasteiger partial charge in [0.25, 0.3) is 5.91 Å². The normalized spacial score (nSPS) is 11.5. The molecule has 0 radical (unpaired) electrons. The minimum Gasteiger partial charge on any atom is -0.350 e. The summed E-state index contributed by atoms with van der Waals surface area (Å²) in [6.45, 7) is 4.47. The number of aromatic nitrogens is 2. The molecule has 3 N–H and O–H groups in total. The van der Waals surface area contributed by atoms with E-state index < -0.39 is 0 Å². The van der Waals surface area contributed by atoms with E-state index in [-0.39, 0.29) is 11.4 Å². The second kappa shape index (κ2) is 7.15. The molecule has 0 atom stereocenters. The Morgan fingerprint density at radius 2 is 2.00 bits per heavy atom. The summed E-state index contributed by atoms with van der Waals surface area (Å²) < 4.78 is 1.61. The zero-order valence-electron chi connectivity index (χ0n) is 13.8. The number of hydrogen-bond donors (Lipinski definition) is 2. The van der Waals surface area contributed by atoms with Crippen LogP contribution in [0.4, 0.5) is 0 Å². The number of nitrogens with zero attached hydrogens (tertiary/aromatic N) is 2. The average molecular weight is 335 g/mol. The second-order valence-corrected chi connectivity index (χ2v) is 6.20. The number of carbonyl (C=O) groups is 1. The molecule has 6 heteroatoms. The van der Waals surface area contributed by atoms with Crippen LogP contribution in [-0.2, 0) is 7.05 Å². The van der Waals surface area contributed by atoms with Crippen LogP contribution in [0.3, 0.4) is 0 Å². The first-order valence-corrected chi connectivity index (χ1v) is 8.13. The number of carbonyl (C=O) groups excluding carboxylic acids is 1. The minimum absolute atomic E-state index is 0.190. The van der Waals surface area contributed by atoms with Crippen molar-refractivity contribution in [3.8, 4) is 11.3 Å². The van der Waals surface area contributed by atoms with Crippen molar-refractivity contribution in [3.05, 3.63) is 41.0 Å². The lowest BCUT2D eigenvalue weighted by atomic mass is 9.94. The van der Waals surface area contributed by atoms with Gasteiger partial charge in [0, 0.05) is 30.9 Å². The number of nitrogens with two attached hydrogens (primary N) is 1. The van der Waals surface area contributed by atoms with Crippen LogP contribution in [0.2, 0.25) is 5.02 Å². The van der Waals surface area contributed by atoms with Gasteiger partial charge in [-0.3, -0.25) is 9.48 Å². The number of rotatable bonds is 6. The SMILES string of the molecule is CCC(N)(CC)CNC(=O)c1cn(C)nc1-c1ccccc1Cl. The summed E-state index contributed by atoms with van der Waals surface area (Å²) in [7, 11) is 1.78. The third kappa shape index (κ3) is 3.92. The van der Waals surface area contributed by atoms with E-state index >= 15 is 0 Å². The van der Waals surface area contributed by atoms with Gasteiger partial charge in [0.15, 0.2) is 0 Å². The number of aryl methyl sites for hydroxylation is 1. The Morgan fingerprint density at radius 1 is 1.35 bits per heavy atom. The number of benzene rings is 1. The molecule has 0 aliphatic carbocycles. The van der Waals surface area contributed by atoms with Crippen LogP contribution in [0.1, 0.15) is 37.0 Å². The zero-order valence-corrected chi connectivity index (χ0v) is 14.5. The lowest BCUT2D eigenvalue weighted by Gasteiger charge is -2.26. The van der Waals surface area contributed by atoms with Crippen molar-refractivity contribution >= 4 is 17.5 Å². The van der Waals surface area contributed by atoms with Crippen LogP contribution >= 0.6 is 11.6 Å². The van der Waals surface area contributed by atoms with Crippen molar-refractivity contribution in [1.82, 2.24) is 15.1 Å². The molecule has 1 aromatic carbocycles. The molecule has 0 fully saturated rings. The van der Waals surface area contributed by atoms with E-state index in [9.17, 15) is 4.79 Å². The summed E-state index contributed by atoms with van der Waals surface area (Å²) in [5.74, 6) is -0.190. The summed E-state index contributed by atoms with van der Waals surface area (Å²) in [6.07, 6.45) is 3.30. The van der Waals surface area contributed by atoms with Crippen molar-refractivity contribution in [2.45, 2.75) is 32.2 Å². The van der Waals surface area contributed by atoms with Gasteiger partial charge in [0.05, 0.1) is 10.6 Å². The van der Waals surface area contributed by atoms with E-state index in [2.05, 4.69) is 10.4 Å². The first kappa shape index (κ1) is 17.5. The van der Waals surface area contributed by atoms with Gasteiger partial charge in [-0.05, 0) is 18.9 Å². The van der Waals surface area contributed by atoms with Crippen LogP contribution in [0.15, 0.2) is 30.5 Å². The second-order valence-electron chi connectivity index (χ2n) is 5.80. The summed E-state index contributed by atoms with van der Waals surface area (Å²) in [5, 5.41) is 7.88. The third-order valence-corrected chi connectivity index (χ3v) is 4.54. The molecule has 1 heterocycles. The Morgan fingerprint density at radius 3 is 2.61 bits per heavy atom. The van der Waals surface area contributed by atoms with Gasteiger partial charge in [0.1, 0.15) is 5.69 Å². The molecule has 124 valence electrons. The van der Waals surface area contributed by atoms with Crippen LogP contribution in [-0.4, -0.2) is 27.8 Å². The average Bonchev–Trinajstić information content (AvgIpc) is 2.94. The Kier molecular flexibility index (Phi) is 5.44. The molecule has 0 spiro atoms. The van der Waals surface area contributed by atoms with Gasteiger partial charge in [0.2, 0.25) is 0 Å². The van der Waals surface area contributed by atoms with E-state index in [0.29, 0.717) is 22.8 Å². The van der Waals surface area contributed by atoms with Crippen LogP contribution in [0.5, 0.6) is 0 Å². The fourth-order valence-corrected chi connectivity index (χ4v) is 2.58. The summed E-state index contributed by atoms with van der Waals surface area (Å²) in [6, 6.07) is 7.36. The first-order valence-electron chi connectivity index (χ1n) is 7.76. The van der Waals surface area contributed by atoms with Crippen LogP contribution in [0, 0.1) is 0 Å².